The lowest BCUT2D eigenvalue weighted by atomic mass is 10.1. The molecule has 19 heavy (non-hydrogen) atoms. The molecule has 2 aromatic rings. The summed E-state index contributed by atoms with van der Waals surface area (Å²) in [5.74, 6) is 0.513. The van der Waals surface area contributed by atoms with Crippen LogP contribution >= 0.6 is 0 Å². The molecule has 3 rings (SSSR count). The lowest BCUT2D eigenvalue weighted by Crippen LogP contribution is -1.95. The van der Waals surface area contributed by atoms with E-state index in [4.69, 9.17) is 0 Å². The van der Waals surface area contributed by atoms with Crippen LogP contribution in [0.25, 0.3) is 5.70 Å². The fourth-order valence-electron chi connectivity index (χ4n) is 2.08. The molecule has 0 fully saturated rings. The number of rotatable bonds is 2. The Morgan fingerprint density at radius 1 is 0.737 bits per heavy atom. The average molecular weight is 251 g/mol. The number of benzene rings is 2. The van der Waals surface area contributed by atoms with Crippen LogP contribution in [0.5, 0.6) is 11.5 Å². The summed E-state index contributed by atoms with van der Waals surface area (Å²) in [6.07, 6.45) is 2.84. The normalized spacial score (nSPS) is 14.1. The Morgan fingerprint density at radius 2 is 1.26 bits per heavy atom. The number of aliphatic imine (C=N–C) groups is 1. The van der Waals surface area contributed by atoms with Crippen LogP contribution < -0.4 is 0 Å². The number of phenols is 2. The summed E-state index contributed by atoms with van der Waals surface area (Å²) < 4.78 is 0. The molecule has 0 atom stereocenters. The van der Waals surface area contributed by atoms with Crippen LogP contribution in [-0.2, 0) is 0 Å². The van der Waals surface area contributed by atoms with Crippen molar-refractivity contribution in [2.45, 2.75) is 6.42 Å². The maximum Gasteiger partial charge on any atom is 0.115 e. The molecular formula is C16H13NO2. The molecule has 3 heteroatoms. The molecule has 2 aromatic carbocycles. The first-order valence-electron chi connectivity index (χ1n) is 6.09. The van der Waals surface area contributed by atoms with E-state index < -0.39 is 0 Å². The third kappa shape index (κ3) is 2.36. The Kier molecular flexibility index (Phi) is 2.80. The number of phenolic OH excluding ortho intramolecular Hbond substituents is 2. The van der Waals surface area contributed by atoms with Crippen LogP contribution in [0.2, 0.25) is 0 Å². The molecule has 3 nitrogen and oxygen atoms in total. The van der Waals surface area contributed by atoms with E-state index in [1.165, 1.54) is 0 Å². The maximum absolute atomic E-state index is 9.28. The zero-order valence-electron chi connectivity index (χ0n) is 10.2. The average Bonchev–Trinajstić information content (AvgIpc) is 2.90. The van der Waals surface area contributed by atoms with Gasteiger partial charge in [-0.2, -0.15) is 0 Å². The SMILES string of the molecule is Oc1ccc(C2=CCC(c3ccc(O)cc3)=N2)cc1. The van der Waals surface area contributed by atoms with Gasteiger partial charge in [0.05, 0.1) is 11.4 Å². The number of hydrogen-bond donors (Lipinski definition) is 2. The van der Waals surface area contributed by atoms with Gasteiger partial charge in [-0.05, 0) is 54.1 Å². The van der Waals surface area contributed by atoms with E-state index >= 15 is 0 Å². The van der Waals surface area contributed by atoms with E-state index in [9.17, 15) is 10.2 Å². The second-order valence-electron chi connectivity index (χ2n) is 4.45. The first-order chi connectivity index (χ1) is 9.22. The van der Waals surface area contributed by atoms with Crippen molar-refractivity contribution in [3.05, 3.63) is 65.7 Å². The van der Waals surface area contributed by atoms with E-state index in [1.807, 2.05) is 24.3 Å². The van der Waals surface area contributed by atoms with Gasteiger partial charge in [-0.3, -0.25) is 4.99 Å². The fraction of sp³-hybridized carbons (Fsp3) is 0.0625. The molecule has 0 amide bonds. The summed E-state index contributed by atoms with van der Waals surface area (Å²) in [7, 11) is 0. The van der Waals surface area contributed by atoms with Gasteiger partial charge in [0.15, 0.2) is 0 Å². The van der Waals surface area contributed by atoms with Gasteiger partial charge in [0, 0.05) is 12.0 Å². The number of hydrogen-bond acceptors (Lipinski definition) is 3. The maximum atomic E-state index is 9.28. The molecule has 1 heterocycles. The third-order valence-corrected chi connectivity index (χ3v) is 3.11. The molecule has 0 unspecified atom stereocenters. The Balaban J connectivity index is 1.87. The molecule has 0 saturated heterocycles. The highest BCUT2D eigenvalue weighted by Crippen LogP contribution is 2.26. The minimum atomic E-state index is 0.255. The second kappa shape index (κ2) is 4.61. The van der Waals surface area contributed by atoms with Gasteiger partial charge >= 0.3 is 0 Å². The molecule has 1 aliphatic rings. The van der Waals surface area contributed by atoms with Gasteiger partial charge in [0.25, 0.3) is 0 Å². The highest BCUT2D eigenvalue weighted by Gasteiger charge is 2.12. The smallest absolute Gasteiger partial charge is 0.115 e. The number of allylic oxidation sites excluding steroid dienone is 1. The number of nitrogens with zero attached hydrogens (tertiary/aromatic N) is 1. The molecule has 0 spiro atoms. The van der Waals surface area contributed by atoms with E-state index in [0.717, 1.165) is 29.0 Å². The Morgan fingerprint density at radius 3 is 1.84 bits per heavy atom. The summed E-state index contributed by atoms with van der Waals surface area (Å²) in [5, 5.41) is 18.6. The van der Waals surface area contributed by atoms with Crippen molar-refractivity contribution in [1.29, 1.82) is 0 Å². The fourth-order valence-corrected chi connectivity index (χ4v) is 2.08. The molecule has 2 N–H and O–H groups in total. The molecule has 0 bridgehead atoms. The van der Waals surface area contributed by atoms with Gasteiger partial charge in [0.1, 0.15) is 11.5 Å². The van der Waals surface area contributed by atoms with E-state index in [2.05, 4.69) is 11.1 Å². The van der Waals surface area contributed by atoms with E-state index in [0.29, 0.717) is 0 Å². The van der Waals surface area contributed by atoms with Crippen molar-refractivity contribution in [2.75, 3.05) is 0 Å². The molecular weight excluding hydrogens is 238 g/mol. The highest BCUT2D eigenvalue weighted by molar-refractivity contribution is 6.07. The topological polar surface area (TPSA) is 52.8 Å². The van der Waals surface area contributed by atoms with Crippen LogP contribution in [0.15, 0.2) is 59.6 Å². The highest BCUT2D eigenvalue weighted by atomic mass is 16.3. The molecule has 94 valence electrons. The van der Waals surface area contributed by atoms with Crippen molar-refractivity contribution < 1.29 is 10.2 Å². The zero-order valence-corrected chi connectivity index (χ0v) is 10.2. The van der Waals surface area contributed by atoms with Crippen molar-refractivity contribution in [2.24, 2.45) is 4.99 Å². The van der Waals surface area contributed by atoms with Crippen LogP contribution in [0.3, 0.4) is 0 Å². The summed E-state index contributed by atoms with van der Waals surface area (Å²) >= 11 is 0. The molecule has 0 aromatic heterocycles. The standard InChI is InChI=1S/C16H13NO2/c18-13-5-1-11(2-6-13)15-9-10-16(17-15)12-3-7-14(19)8-4-12/h1-9,18-19H,10H2. The quantitative estimate of drug-likeness (QED) is 0.860. The van der Waals surface area contributed by atoms with Crippen LogP contribution in [0.4, 0.5) is 0 Å². The Bertz CT molecular complexity index is 652. The lowest BCUT2D eigenvalue weighted by molar-refractivity contribution is 0.474. The monoisotopic (exact) mass is 251 g/mol. The predicted molar refractivity (Wildman–Crippen MR) is 75.3 cm³/mol. The molecule has 1 aliphatic heterocycles. The van der Waals surface area contributed by atoms with Crippen molar-refractivity contribution >= 4 is 11.4 Å². The Hall–Kier alpha value is -2.55. The van der Waals surface area contributed by atoms with E-state index in [1.54, 1.807) is 24.3 Å². The molecule has 0 saturated carbocycles. The van der Waals surface area contributed by atoms with Crippen LogP contribution in [0, 0.1) is 0 Å². The van der Waals surface area contributed by atoms with Gasteiger partial charge in [-0.25, -0.2) is 0 Å². The summed E-state index contributed by atoms with van der Waals surface area (Å²) in [6.45, 7) is 0. The zero-order chi connectivity index (χ0) is 13.2. The van der Waals surface area contributed by atoms with Crippen molar-refractivity contribution in [3.63, 3.8) is 0 Å². The Labute approximate surface area is 111 Å². The van der Waals surface area contributed by atoms with Crippen LogP contribution in [-0.4, -0.2) is 15.9 Å². The summed E-state index contributed by atoms with van der Waals surface area (Å²) in [6, 6.07) is 14.1. The second-order valence-corrected chi connectivity index (χ2v) is 4.45. The minimum absolute atomic E-state index is 0.255. The van der Waals surface area contributed by atoms with Gasteiger partial charge in [-0.1, -0.05) is 6.08 Å². The lowest BCUT2D eigenvalue weighted by Gasteiger charge is -2.01. The van der Waals surface area contributed by atoms with Gasteiger partial charge in [-0.15, -0.1) is 0 Å². The summed E-state index contributed by atoms with van der Waals surface area (Å²) in [4.78, 5) is 4.60. The minimum Gasteiger partial charge on any atom is -0.508 e. The predicted octanol–water partition coefficient (Wildman–Crippen LogP) is 3.33. The van der Waals surface area contributed by atoms with Crippen molar-refractivity contribution in [1.82, 2.24) is 0 Å². The van der Waals surface area contributed by atoms with Crippen LogP contribution in [0.1, 0.15) is 17.5 Å². The van der Waals surface area contributed by atoms with Gasteiger partial charge in [0.2, 0.25) is 0 Å². The van der Waals surface area contributed by atoms with E-state index in [-0.39, 0.29) is 11.5 Å². The largest absolute Gasteiger partial charge is 0.508 e. The molecule has 0 aliphatic carbocycles. The first-order valence-corrected chi connectivity index (χ1v) is 6.09. The van der Waals surface area contributed by atoms with Crippen molar-refractivity contribution in [3.8, 4) is 11.5 Å². The summed E-state index contributed by atoms with van der Waals surface area (Å²) in [5.41, 5.74) is 3.92. The molecule has 0 radical (unpaired) electrons. The first kappa shape index (κ1) is 11.5. The third-order valence-electron chi connectivity index (χ3n) is 3.11. The number of aromatic hydroxyl groups is 2. The van der Waals surface area contributed by atoms with Gasteiger partial charge < -0.3 is 10.2 Å².